The standard InChI is InChI=1S/C8H12N4OS/c9-7-10-6(11-8(14)12-7)5-2-1-3-13-4-5/h5H,1-4H2,(H3,9,10,11,12,14). The Bertz CT molecular complexity index is 372. The number of nitrogen functional groups attached to an aromatic ring is 1. The molecule has 1 aliphatic heterocycles. The summed E-state index contributed by atoms with van der Waals surface area (Å²) in [6.45, 7) is 1.51. The molecule has 14 heavy (non-hydrogen) atoms. The van der Waals surface area contributed by atoms with Crippen LogP contribution < -0.4 is 5.73 Å². The highest BCUT2D eigenvalue weighted by Gasteiger charge is 2.18. The van der Waals surface area contributed by atoms with Crippen molar-refractivity contribution >= 4 is 18.2 Å². The molecule has 0 spiro atoms. The minimum absolute atomic E-state index is 0.274. The zero-order valence-electron chi connectivity index (χ0n) is 7.69. The first kappa shape index (κ1) is 9.54. The van der Waals surface area contributed by atoms with Crippen molar-refractivity contribution in [2.24, 2.45) is 0 Å². The van der Waals surface area contributed by atoms with Gasteiger partial charge in [-0.25, -0.2) is 4.98 Å². The van der Waals surface area contributed by atoms with Crippen LogP contribution in [0.3, 0.4) is 0 Å². The van der Waals surface area contributed by atoms with E-state index in [0.29, 0.717) is 17.3 Å². The minimum atomic E-state index is 0.274. The third-order valence-electron chi connectivity index (χ3n) is 2.24. The Hall–Kier alpha value is -1.01. The third kappa shape index (κ3) is 2.08. The zero-order chi connectivity index (χ0) is 9.97. The van der Waals surface area contributed by atoms with E-state index in [4.69, 9.17) is 22.7 Å². The highest BCUT2D eigenvalue weighted by atomic mass is 32.1. The van der Waals surface area contributed by atoms with Gasteiger partial charge in [-0.05, 0) is 25.1 Å². The van der Waals surface area contributed by atoms with Gasteiger partial charge in [0.25, 0.3) is 0 Å². The van der Waals surface area contributed by atoms with E-state index in [1.165, 1.54) is 0 Å². The fourth-order valence-electron chi connectivity index (χ4n) is 1.57. The molecular weight excluding hydrogens is 200 g/mol. The highest BCUT2D eigenvalue weighted by molar-refractivity contribution is 7.71. The average molecular weight is 212 g/mol. The van der Waals surface area contributed by atoms with Crippen molar-refractivity contribution in [1.82, 2.24) is 15.0 Å². The van der Waals surface area contributed by atoms with Crippen molar-refractivity contribution in [3.05, 3.63) is 10.6 Å². The predicted octanol–water partition coefficient (Wildman–Crippen LogP) is 1.01. The number of nitrogens with one attached hydrogen (secondary N) is 1. The summed E-state index contributed by atoms with van der Waals surface area (Å²) in [6.07, 6.45) is 2.11. The second kappa shape index (κ2) is 4.02. The van der Waals surface area contributed by atoms with Crippen LogP contribution in [0.5, 0.6) is 0 Å². The number of hydrogen-bond acceptors (Lipinski definition) is 5. The molecule has 0 amide bonds. The quantitative estimate of drug-likeness (QED) is 0.679. The molecule has 2 rings (SSSR count). The van der Waals surface area contributed by atoms with Gasteiger partial charge in [-0.15, -0.1) is 0 Å². The number of H-pyrrole nitrogens is 1. The lowest BCUT2D eigenvalue weighted by atomic mass is 10.0. The summed E-state index contributed by atoms with van der Waals surface area (Å²) in [5, 5.41) is 0. The fraction of sp³-hybridized carbons (Fsp3) is 0.625. The summed E-state index contributed by atoms with van der Waals surface area (Å²) in [7, 11) is 0. The number of rotatable bonds is 1. The number of anilines is 1. The van der Waals surface area contributed by atoms with Crippen LogP contribution in [0.2, 0.25) is 0 Å². The molecule has 0 aliphatic carbocycles. The molecular formula is C8H12N4OS. The van der Waals surface area contributed by atoms with Crippen LogP contribution >= 0.6 is 12.2 Å². The molecule has 76 valence electrons. The Labute approximate surface area is 86.7 Å². The van der Waals surface area contributed by atoms with Gasteiger partial charge in [0.2, 0.25) is 10.7 Å². The Morgan fingerprint density at radius 3 is 3.00 bits per heavy atom. The van der Waals surface area contributed by atoms with Crippen molar-refractivity contribution in [3.63, 3.8) is 0 Å². The van der Waals surface area contributed by atoms with Crippen LogP contribution in [0, 0.1) is 4.77 Å². The molecule has 0 saturated carbocycles. The van der Waals surface area contributed by atoms with Crippen LogP contribution in [-0.4, -0.2) is 28.2 Å². The van der Waals surface area contributed by atoms with Gasteiger partial charge in [0, 0.05) is 12.5 Å². The number of ether oxygens (including phenoxy) is 1. The molecule has 6 heteroatoms. The molecule has 1 saturated heterocycles. The van der Waals surface area contributed by atoms with E-state index in [0.717, 1.165) is 25.3 Å². The Kier molecular flexibility index (Phi) is 2.74. The Balaban J connectivity index is 2.26. The van der Waals surface area contributed by atoms with E-state index in [9.17, 15) is 0 Å². The summed E-state index contributed by atoms with van der Waals surface area (Å²) in [5.41, 5.74) is 5.55. The second-order valence-electron chi connectivity index (χ2n) is 3.32. The molecule has 1 atom stereocenters. The number of aromatic nitrogens is 3. The predicted molar refractivity (Wildman–Crippen MR) is 54.4 cm³/mol. The van der Waals surface area contributed by atoms with E-state index in [2.05, 4.69) is 15.0 Å². The SMILES string of the molecule is Nc1nc(=S)nc(C2CCCOC2)[nH]1. The van der Waals surface area contributed by atoms with Crippen LogP contribution in [0.1, 0.15) is 24.6 Å². The summed E-state index contributed by atoms with van der Waals surface area (Å²) < 4.78 is 5.65. The molecule has 1 unspecified atom stereocenters. The van der Waals surface area contributed by atoms with Gasteiger partial charge in [-0.3, -0.25) is 0 Å². The van der Waals surface area contributed by atoms with Gasteiger partial charge < -0.3 is 15.5 Å². The molecule has 3 N–H and O–H groups in total. The van der Waals surface area contributed by atoms with E-state index in [1.54, 1.807) is 0 Å². The normalized spacial score (nSPS) is 22.1. The van der Waals surface area contributed by atoms with Gasteiger partial charge >= 0.3 is 0 Å². The molecule has 5 nitrogen and oxygen atoms in total. The largest absolute Gasteiger partial charge is 0.381 e. The Morgan fingerprint density at radius 1 is 1.50 bits per heavy atom. The van der Waals surface area contributed by atoms with E-state index in [1.807, 2.05) is 0 Å². The van der Waals surface area contributed by atoms with E-state index in [-0.39, 0.29) is 5.92 Å². The first-order chi connectivity index (χ1) is 6.75. The van der Waals surface area contributed by atoms with Crippen molar-refractivity contribution in [2.75, 3.05) is 18.9 Å². The first-order valence-corrected chi connectivity index (χ1v) is 4.98. The van der Waals surface area contributed by atoms with Gasteiger partial charge in [0.1, 0.15) is 5.82 Å². The molecule has 1 aliphatic rings. The molecule has 0 aromatic carbocycles. The van der Waals surface area contributed by atoms with Crippen molar-refractivity contribution in [1.29, 1.82) is 0 Å². The molecule has 1 aromatic rings. The number of nitrogens with two attached hydrogens (primary N) is 1. The van der Waals surface area contributed by atoms with Crippen molar-refractivity contribution < 1.29 is 4.74 Å². The molecule has 0 radical (unpaired) electrons. The van der Waals surface area contributed by atoms with Gasteiger partial charge in [-0.2, -0.15) is 4.98 Å². The summed E-state index contributed by atoms with van der Waals surface area (Å²) in [6, 6.07) is 0. The topological polar surface area (TPSA) is 76.8 Å². The van der Waals surface area contributed by atoms with Crippen molar-refractivity contribution in [3.8, 4) is 0 Å². The summed E-state index contributed by atoms with van der Waals surface area (Å²) in [5.74, 6) is 1.39. The summed E-state index contributed by atoms with van der Waals surface area (Å²) >= 11 is 4.89. The third-order valence-corrected chi connectivity index (χ3v) is 2.42. The number of nitrogens with zero attached hydrogens (tertiary/aromatic N) is 2. The van der Waals surface area contributed by atoms with Crippen LogP contribution in [0.15, 0.2) is 0 Å². The van der Waals surface area contributed by atoms with Gasteiger partial charge in [0.05, 0.1) is 6.61 Å². The minimum Gasteiger partial charge on any atom is -0.381 e. The molecule has 1 fully saturated rings. The lowest BCUT2D eigenvalue weighted by Gasteiger charge is -2.20. The zero-order valence-corrected chi connectivity index (χ0v) is 8.51. The monoisotopic (exact) mass is 212 g/mol. The highest BCUT2D eigenvalue weighted by Crippen LogP contribution is 2.22. The molecule has 2 heterocycles. The maximum atomic E-state index is 5.55. The van der Waals surface area contributed by atoms with Crippen LogP contribution in [0.4, 0.5) is 5.95 Å². The fourth-order valence-corrected chi connectivity index (χ4v) is 1.76. The number of aromatic amines is 1. The smallest absolute Gasteiger partial charge is 0.224 e. The maximum Gasteiger partial charge on any atom is 0.224 e. The second-order valence-corrected chi connectivity index (χ2v) is 3.68. The van der Waals surface area contributed by atoms with Gasteiger partial charge in [-0.1, -0.05) is 0 Å². The molecule has 1 aromatic heterocycles. The maximum absolute atomic E-state index is 5.55. The summed E-state index contributed by atoms with van der Waals surface area (Å²) in [4.78, 5) is 10.9. The van der Waals surface area contributed by atoms with E-state index < -0.39 is 0 Å². The van der Waals surface area contributed by atoms with Crippen LogP contribution in [-0.2, 0) is 4.74 Å². The molecule has 0 bridgehead atoms. The average Bonchev–Trinajstić information content (AvgIpc) is 2.18. The lowest BCUT2D eigenvalue weighted by molar-refractivity contribution is 0.0780. The lowest BCUT2D eigenvalue weighted by Crippen LogP contribution is -2.18. The van der Waals surface area contributed by atoms with Gasteiger partial charge in [0.15, 0.2) is 0 Å². The Morgan fingerprint density at radius 2 is 2.36 bits per heavy atom. The first-order valence-electron chi connectivity index (χ1n) is 4.57. The van der Waals surface area contributed by atoms with E-state index >= 15 is 0 Å². The van der Waals surface area contributed by atoms with Crippen LogP contribution in [0.25, 0.3) is 0 Å². The number of hydrogen-bond donors (Lipinski definition) is 2. The van der Waals surface area contributed by atoms with Crippen molar-refractivity contribution in [2.45, 2.75) is 18.8 Å².